The van der Waals surface area contributed by atoms with Crippen LogP contribution in [-0.4, -0.2) is 28.2 Å². The zero-order chi connectivity index (χ0) is 16.0. The van der Waals surface area contributed by atoms with Crippen molar-refractivity contribution < 1.29 is 14.0 Å². The minimum absolute atomic E-state index is 0.252. The molecule has 0 N–H and O–H groups in total. The van der Waals surface area contributed by atoms with Gasteiger partial charge in [-0.05, 0) is 36.8 Å². The monoisotopic (exact) mass is 306 g/mol. The van der Waals surface area contributed by atoms with Crippen molar-refractivity contribution in [1.82, 2.24) is 9.88 Å². The van der Waals surface area contributed by atoms with Crippen LogP contribution < -0.4 is 0 Å². The third-order valence-electron chi connectivity index (χ3n) is 4.01. The molecule has 0 saturated carbocycles. The van der Waals surface area contributed by atoms with Gasteiger partial charge in [-0.2, -0.15) is 0 Å². The van der Waals surface area contributed by atoms with Crippen LogP contribution in [0.3, 0.4) is 0 Å². The molecule has 5 heteroatoms. The Morgan fingerprint density at radius 1 is 1.04 bits per heavy atom. The smallest absolute Gasteiger partial charge is 0.261 e. The number of aromatic nitrogens is 1. The predicted octanol–water partition coefficient (Wildman–Crippen LogP) is 2.97. The molecule has 4 rings (SSSR count). The van der Waals surface area contributed by atoms with Crippen molar-refractivity contribution in [2.75, 3.05) is 6.54 Å². The molecule has 2 amide bonds. The van der Waals surface area contributed by atoms with E-state index in [1.165, 1.54) is 4.90 Å². The number of carbonyl (C=O) groups is 2. The summed E-state index contributed by atoms with van der Waals surface area (Å²) in [6.45, 7) is 2.25. The average molecular weight is 306 g/mol. The first kappa shape index (κ1) is 13.7. The number of hydrogen-bond donors (Lipinski definition) is 0. The van der Waals surface area contributed by atoms with E-state index in [1.807, 2.05) is 25.1 Å². The van der Waals surface area contributed by atoms with Gasteiger partial charge in [-0.1, -0.05) is 18.2 Å². The molecule has 0 atom stereocenters. The summed E-state index contributed by atoms with van der Waals surface area (Å²) in [5.74, 6) is 0.0252. The topological polar surface area (TPSA) is 63.4 Å². The van der Waals surface area contributed by atoms with Crippen LogP contribution in [0, 0.1) is 6.92 Å². The quantitative estimate of drug-likeness (QED) is 0.698. The van der Waals surface area contributed by atoms with E-state index in [9.17, 15) is 9.59 Å². The summed E-state index contributed by atoms with van der Waals surface area (Å²) >= 11 is 0. The summed E-state index contributed by atoms with van der Waals surface area (Å²) in [6.07, 6.45) is 0.402. The highest BCUT2D eigenvalue weighted by molar-refractivity contribution is 6.21. The maximum Gasteiger partial charge on any atom is 0.261 e. The van der Waals surface area contributed by atoms with Crippen molar-refractivity contribution in [3.63, 3.8) is 0 Å². The molecule has 0 saturated heterocycles. The molecule has 1 aliphatic heterocycles. The van der Waals surface area contributed by atoms with Crippen molar-refractivity contribution in [1.29, 1.82) is 0 Å². The standard InChI is InChI=1S/C18H14N2O3/c1-11-6-7-15-14(10-11)19-16(23-15)8-9-20-17(21)12-4-2-3-5-13(12)18(20)22/h2-7,10H,8-9H2,1H3. The normalized spacial score (nSPS) is 13.9. The summed E-state index contributed by atoms with van der Waals surface area (Å²) in [5, 5.41) is 0. The number of oxazole rings is 1. The Bertz CT molecular complexity index is 907. The Labute approximate surface area is 132 Å². The molecule has 0 spiro atoms. The van der Waals surface area contributed by atoms with Gasteiger partial charge in [0, 0.05) is 13.0 Å². The molecule has 114 valence electrons. The molecule has 3 aromatic rings. The first-order valence-corrected chi connectivity index (χ1v) is 7.45. The number of benzene rings is 2. The molecule has 0 fully saturated rings. The summed E-state index contributed by atoms with van der Waals surface area (Å²) in [4.78, 5) is 30.3. The number of imide groups is 1. The molecule has 0 unspecified atom stereocenters. The number of aryl methyl sites for hydroxylation is 1. The third-order valence-corrected chi connectivity index (χ3v) is 4.01. The van der Waals surface area contributed by atoms with E-state index in [-0.39, 0.29) is 18.4 Å². The van der Waals surface area contributed by atoms with Gasteiger partial charge in [-0.25, -0.2) is 4.98 Å². The van der Waals surface area contributed by atoms with Crippen LogP contribution in [0.25, 0.3) is 11.1 Å². The van der Waals surface area contributed by atoms with Gasteiger partial charge in [0.25, 0.3) is 11.8 Å². The molecule has 23 heavy (non-hydrogen) atoms. The summed E-state index contributed by atoms with van der Waals surface area (Å²) in [6, 6.07) is 12.7. The zero-order valence-corrected chi connectivity index (χ0v) is 12.6. The Kier molecular flexibility index (Phi) is 3.01. The molecular formula is C18H14N2O3. The van der Waals surface area contributed by atoms with E-state index in [0.29, 0.717) is 29.0 Å². The minimum atomic E-state index is -0.252. The molecule has 0 aliphatic carbocycles. The maximum atomic E-state index is 12.3. The number of hydrogen-bond acceptors (Lipinski definition) is 4. The number of carbonyl (C=O) groups excluding carboxylic acids is 2. The van der Waals surface area contributed by atoms with Gasteiger partial charge in [0.15, 0.2) is 11.5 Å². The lowest BCUT2D eigenvalue weighted by Gasteiger charge is -2.11. The summed E-state index contributed by atoms with van der Waals surface area (Å²) in [5.41, 5.74) is 3.55. The van der Waals surface area contributed by atoms with Crippen LogP contribution >= 0.6 is 0 Å². The van der Waals surface area contributed by atoms with Crippen molar-refractivity contribution >= 4 is 22.9 Å². The van der Waals surface area contributed by atoms with Crippen molar-refractivity contribution in [2.45, 2.75) is 13.3 Å². The Morgan fingerprint density at radius 2 is 1.74 bits per heavy atom. The molecule has 0 radical (unpaired) electrons. The first-order valence-electron chi connectivity index (χ1n) is 7.45. The minimum Gasteiger partial charge on any atom is -0.441 e. The SMILES string of the molecule is Cc1ccc2oc(CCN3C(=O)c4ccccc4C3=O)nc2c1. The number of nitrogens with zero attached hydrogens (tertiary/aromatic N) is 2. The van der Waals surface area contributed by atoms with Crippen LogP contribution in [-0.2, 0) is 6.42 Å². The molecule has 1 aliphatic rings. The first-order chi connectivity index (χ1) is 11.1. The molecule has 2 heterocycles. The maximum absolute atomic E-state index is 12.3. The second kappa shape index (κ2) is 5.05. The lowest BCUT2D eigenvalue weighted by atomic mass is 10.1. The van der Waals surface area contributed by atoms with Crippen molar-refractivity contribution in [3.8, 4) is 0 Å². The van der Waals surface area contributed by atoms with Gasteiger partial charge in [0.2, 0.25) is 0 Å². The lowest BCUT2D eigenvalue weighted by Crippen LogP contribution is -2.31. The summed E-state index contributed by atoms with van der Waals surface area (Å²) in [7, 11) is 0. The van der Waals surface area contributed by atoms with Crippen LogP contribution in [0.2, 0.25) is 0 Å². The highest BCUT2D eigenvalue weighted by Gasteiger charge is 2.34. The fraction of sp³-hybridized carbons (Fsp3) is 0.167. The molecule has 5 nitrogen and oxygen atoms in total. The van der Waals surface area contributed by atoms with Crippen molar-refractivity contribution in [2.24, 2.45) is 0 Å². The van der Waals surface area contributed by atoms with Gasteiger partial charge in [0.1, 0.15) is 5.52 Å². The summed E-state index contributed by atoms with van der Waals surface area (Å²) < 4.78 is 5.67. The average Bonchev–Trinajstić information content (AvgIpc) is 3.06. The largest absolute Gasteiger partial charge is 0.441 e. The zero-order valence-electron chi connectivity index (χ0n) is 12.6. The van der Waals surface area contributed by atoms with E-state index in [0.717, 1.165) is 11.1 Å². The Hall–Kier alpha value is -2.95. The van der Waals surface area contributed by atoms with Gasteiger partial charge in [-0.15, -0.1) is 0 Å². The number of rotatable bonds is 3. The van der Waals surface area contributed by atoms with E-state index in [2.05, 4.69) is 4.98 Å². The van der Waals surface area contributed by atoms with E-state index in [4.69, 9.17) is 4.42 Å². The second-order valence-corrected chi connectivity index (χ2v) is 5.64. The second-order valence-electron chi connectivity index (χ2n) is 5.64. The third kappa shape index (κ3) is 2.21. The van der Waals surface area contributed by atoms with Crippen LogP contribution in [0.15, 0.2) is 46.9 Å². The van der Waals surface area contributed by atoms with Gasteiger partial charge >= 0.3 is 0 Å². The Morgan fingerprint density at radius 3 is 2.43 bits per heavy atom. The van der Waals surface area contributed by atoms with Crippen molar-refractivity contribution in [3.05, 3.63) is 65.0 Å². The van der Waals surface area contributed by atoms with Crippen LogP contribution in [0.4, 0.5) is 0 Å². The van der Waals surface area contributed by atoms with Crippen LogP contribution in [0.5, 0.6) is 0 Å². The van der Waals surface area contributed by atoms with E-state index >= 15 is 0 Å². The van der Waals surface area contributed by atoms with E-state index in [1.54, 1.807) is 24.3 Å². The van der Waals surface area contributed by atoms with Gasteiger partial charge in [0.05, 0.1) is 11.1 Å². The van der Waals surface area contributed by atoms with Gasteiger partial charge in [-0.3, -0.25) is 14.5 Å². The molecular weight excluding hydrogens is 292 g/mol. The lowest BCUT2D eigenvalue weighted by molar-refractivity contribution is 0.0654. The van der Waals surface area contributed by atoms with Crippen LogP contribution in [0.1, 0.15) is 32.2 Å². The number of amides is 2. The molecule has 1 aromatic heterocycles. The fourth-order valence-corrected chi connectivity index (χ4v) is 2.84. The highest BCUT2D eigenvalue weighted by Crippen LogP contribution is 2.23. The molecule has 2 aromatic carbocycles. The Balaban J connectivity index is 1.55. The molecule has 0 bridgehead atoms. The predicted molar refractivity (Wildman–Crippen MR) is 84.3 cm³/mol. The fourth-order valence-electron chi connectivity index (χ4n) is 2.84. The number of fused-ring (bicyclic) bond motifs is 2. The van der Waals surface area contributed by atoms with Gasteiger partial charge < -0.3 is 4.42 Å². The highest BCUT2D eigenvalue weighted by atomic mass is 16.3. The van der Waals surface area contributed by atoms with E-state index < -0.39 is 0 Å².